The fourth-order valence-corrected chi connectivity index (χ4v) is 4.15. The van der Waals surface area contributed by atoms with Crippen molar-refractivity contribution >= 4 is 46.4 Å². The molecule has 224 valence electrons. The lowest BCUT2D eigenvalue weighted by Gasteiger charge is -2.25. The number of aromatic amines is 1. The van der Waals surface area contributed by atoms with Crippen LogP contribution in [0, 0.1) is 0 Å². The van der Waals surface area contributed by atoms with E-state index < -0.39 is 66.1 Å². The van der Waals surface area contributed by atoms with E-state index in [2.05, 4.69) is 20.9 Å². The highest BCUT2D eigenvalue weighted by Crippen LogP contribution is 2.19. The lowest BCUT2D eigenvalue weighted by Crippen LogP contribution is -2.58. The monoisotopic (exact) mass is 574 g/mol. The first-order valence-corrected chi connectivity index (χ1v) is 13.1. The van der Waals surface area contributed by atoms with Crippen LogP contribution in [0.4, 0.5) is 0 Å². The Bertz CT molecular complexity index is 1250. The van der Waals surface area contributed by atoms with Gasteiger partial charge in [-0.3, -0.25) is 24.0 Å². The number of amides is 5. The highest BCUT2D eigenvalue weighted by atomic mass is 16.4. The molecule has 41 heavy (non-hydrogen) atoms. The molecule has 5 amide bonds. The van der Waals surface area contributed by atoms with E-state index in [0.29, 0.717) is 31.4 Å². The van der Waals surface area contributed by atoms with E-state index in [0.717, 1.165) is 10.9 Å². The molecule has 0 fully saturated rings. The molecule has 0 spiro atoms. The summed E-state index contributed by atoms with van der Waals surface area (Å²) in [6, 6.07) is 2.12. The second-order valence-corrected chi connectivity index (χ2v) is 9.65. The molecule has 2 rings (SSSR count). The number of aromatic nitrogens is 1. The van der Waals surface area contributed by atoms with E-state index in [4.69, 9.17) is 22.9 Å². The van der Waals surface area contributed by atoms with Crippen LogP contribution in [0.5, 0.6) is 0 Å². The van der Waals surface area contributed by atoms with Crippen molar-refractivity contribution < 1.29 is 33.9 Å². The van der Waals surface area contributed by atoms with Crippen molar-refractivity contribution in [1.82, 2.24) is 20.9 Å². The number of benzene rings is 1. The molecular weight excluding hydrogens is 536 g/mol. The summed E-state index contributed by atoms with van der Waals surface area (Å²) in [7, 11) is 0. The standard InChI is InChI=1S/C26H38N8O7/c27-10-4-3-6-16(28)23(37)33-19(11-14-13-31-17-7-2-1-5-15(14)17)25(39)32-18(8-9-21(29)35)24(38)34-20(26(40)41)12-22(30)36/h1-2,5,7,13,16,18-20,31H,3-4,6,8-12,27-28H2,(H2,29,35)(H2,30,36)(H,32,39)(H,33,37)(H,34,38)(H,40,41). The number of carboxylic acids is 1. The van der Waals surface area contributed by atoms with Gasteiger partial charge < -0.3 is 49.0 Å². The summed E-state index contributed by atoms with van der Waals surface area (Å²) in [5.74, 6) is -5.62. The minimum absolute atomic E-state index is 0.0146. The number of carboxylic acid groups (broad SMARTS) is 1. The number of para-hydroxylation sites is 1. The van der Waals surface area contributed by atoms with Crippen LogP contribution in [-0.4, -0.2) is 76.3 Å². The molecule has 4 atom stereocenters. The first-order chi connectivity index (χ1) is 19.4. The van der Waals surface area contributed by atoms with E-state index in [1.54, 1.807) is 6.20 Å². The number of hydrogen-bond acceptors (Lipinski definition) is 8. The van der Waals surface area contributed by atoms with Crippen molar-refractivity contribution in [3.63, 3.8) is 0 Å². The van der Waals surface area contributed by atoms with Crippen LogP contribution in [0.15, 0.2) is 30.5 Å². The van der Waals surface area contributed by atoms with Crippen molar-refractivity contribution in [2.24, 2.45) is 22.9 Å². The van der Waals surface area contributed by atoms with E-state index in [9.17, 15) is 33.9 Å². The number of carbonyl (C=O) groups excluding carboxylic acids is 5. The number of carbonyl (C=O) groups is 6. The zero-order chi connectivity index (χ0) is 30.5. The average Bonchev–Trinajstić information content (AvgIpc) is 3.32. The molecule has 4 unspecified atom stereocenters. The Kier molecular flexibility index (Phi) is 12.7. The van der Waals surface area contributed by atoms with Gasteiger partial charge in [-0.05, 0) is 37.4 Å². The van der Waals surface area contributed by atoms with Crippen LogP contribution in [0.25, 0.3) is 10.9 Å². The number of aliphatic carboxylic acids is 1. The maximum Gasteiger partial charge on any atom is 0.326 e. The Balaban J connectivity index is 2.30. The third kappa shape index (κ3) is 10.5. The number of hydrogen-bond donors (Lipinski definition) is 9. The zero-order valence-electron chi connectivity index (χ0n) is 22.6. The van der Waals surface area contributed by atoms with Gasteiger partial charge in [-0.15, -0.1) is 0 Å². The van der Waals surface area contributed by atoms with Crippen LogP contribution in [0.3, 0.4) is 0 Å². The van der Waals surface area contributed by atoms with Gasteiger partial charge in [-0.2, -0.15) is 0 Å². The Labute approximate surface area is 236 Å². The smallest absolute Gasteiger partial charge is 0.326 e. The Morgan fingerprint density at radius 3 is 2.10 bits per heavy atom. The van der Waals surface area contributed by atoms with Gasteiger partial charge in [0.05, 0.1) is 12.5 Å². The van der Waals surface area contributed by atoms with Gasteiger partial charge in [0.15, 0.2) is 0 Å². The number of rotatable bonds is 18. The van der Waals surface area contributed by atoms with Crippen molar-refractivity contribution in [3.05, 3.63) is 36.0 Å². The third-order valence-electron chi connectivity index (χ3n) is 6.37. The summed E-state index contributed by atoms with van der Waals surface area (Å²) in [5.41, 5.74) is 23.3. The second kappa shape index (κ2) is 15.9. The molecule has 1 aromatic heterocycles. The van der Waals surface area contributed by atoms with Gasteiger partial charge in [0.1, 0.15) is 18.1 Å². The maximum atomic E-state index is 13.5. The van der Waals surface area contributed by atoms with E-state index in [1.807, 2.05) is 24.3 Å². The Hall–Kier alpha value is -4.50. The number of fused-ring (bicyclic) bond motifs is 1. The van der Waals surface area contributed by atoms with Crippen LogP contribution in [0.2, 0.25) is 0 Å². The molecule has 0 aliphatic heterocycles. The first-order valence-electron chi connectivity index (χ1n) is 13.1. The lowest BCUT2D eigenvalue weighted by atomic mass is 10.0. The first kappa shape index (κ1) is 32.7. The predicted octanol–water partition coefficient (Wildman–Crippen LogP) is -2.15. The van der Waals surface area contributed by atoms with E-state index >= 15 is 0 Å². The second-order valence-electron chi connectivity index (χ2n) is 9.65. The molecule has 0 radical (unpaired) electrons. The topological polar surface area (TPSA) is 279 Å². The predicted molar refractivity (Wildman–Crippen MR) is 149 cm³/mol. The van der Waals surface area contributed by atoms with Crippen LogP contribution < -0.4 is 38.9 Å². The van der Waals surface area contributed by atoms with Gasteiger partial charge in [0.2, 0.25) is 29.5 Å². The van der Waals surface area contributed by atoms with Gasteiger partial charge >= 0.3 is 5.97 Å². The summed E-state index contributed by atoms with van der Waals surface area (Å²) in [5, 5.41) is 17.4. The Morgan fingerprint density at radius 2 is 1.46 bits per heavy atom. The average molecular weight is 575 g/mol. The maximum absolute atomic E-state index is 13.5. The van der Waals surface area contributed by atoms with E-state index in [-0.39, 0.29) is 19.3 Å². The summed E-state index contributed by atoms with van der Waals surface area (Å²) in [4.78, 5) is 76.6. The fraction of sp³-hybridized carbons (Fsp3) is 0.462. The summed E-state index contributed by atoms with van der Waals surface area (Å²) in [6.07, 6.45) is 2.03. The van der Waals surface area contributed by atoms with Gasteiger partial charge in [0, 0.05) is 29.9 Å². The van der Waals surface area contributed by atoms with Crippen molar-refractivity contribution in [1.29, 1.82) is 0 Å². The van der Waals surface area contributed by atoms with Crippen molar-refractivity contribution in [2.75, 3.05) is 6.54 Å². The minimum atomic E-state index is -1.67. The van der Waals surface area contributed by atoms with E-state index in [1.165, 1.54) is 0 Å². The fourth-order valence-electron chi connectivity index (χ4n) is 4.15. The summed E-state index contributed by atoms with van der Waals surface area (Å²) < 4.78 is 0. The molecule has 1 aromatic carbocycles. The van der Waals surface area contributed by atoms with Crippen LogP contribution in [0.1, 0.15) is 44.1 Å². The van der Waals surface area contributed by atoms with Crippen molar-refractivity contribution in [3.8, 4) is 0 Å². The van der Waals surface area contributed by atoms with Gasteiger partial charge in [-0.1, -0.05) is 24.6 Å². The molecule has 0 aliphatic rings. The molecule has 0 aliphatic carbocycles. The summed E-state index contributed by atoms with van der Waals surface area (Å²) >= 11 is 0. The van der Waals surface area contributed by atoms with Gasteiger partial charge in [-0.25, -0.2) is 4.79 Å². The van der Waals surface area contributed by atoms with Gasteiger partial charge in [0.25, 0.3) is 0 Å². The number of primary amides is 2. The highest BCUT2D eigenvalue weighted by Gasteiger charge is 2.31. The van der Waals surface area contributed by atoms with Crippen LogP contribution >= 0.6 is 0 Å². The zero-order valence-corrected chi connectivity index (χ0v) is 22.6. The quantitative estimate of drug-likeness (QED) is 0.0876. The number of H-pyrrole nitrogens is 1. The largest absolute Gasteiger partial charge is 0.480 e. The summed E-state index contributed by atoms with van der Waals surface area (Å²) in [6.45, 7) is 0.441. The number of unbranched alkanes of at least 4 members (excludes halogenated alkanes) is 1. The van der Waals surface area contributed by atoms with Crippen molar-refractivity contribution in [2.45, 2.75) is 69.1 Å². The molecule has 15 heteroatoms. The number of nitrogens with one attached hydrogen (secondary N) is 4. The molecule has 0 bridgehead atoms. The molecular formula is C26H38N8O7. The highest BCUT2D eigenvalue weighted by molar-refractivity contribution is 5.95. The lowest BCUT2D eigenvalue weighted by molar-refractivity contribution is -0.144. The Morgan fingerprint density at radius 1 is 0.829 bits per heavy atom. The van der Waals surface area contributed by atoms with Crippen LogP contribution in [-0.2, 0) is 35.2 Å². The third-order valence-corrected chi connectivity index (χ3v) is 6.37. The molecule has 1 heterocycles. The SMILES string of the molecule is NCCCCC(N)C(=O)NC(Cc1c[nH]c2ccccc12)C(=O)NC(CCC(N)=O)C(=O)NC(CC(N)=O)C(=O)O. The molecule has 15 nitrogen and oxygen atoms in total. The normalized spacial score (nSPS) is 13.9. The molecule has 0 saturated carbocycles. The molecule has 13 N–H and O–H groups in total. The number of nitrogens with two attached hydrogens (primary N) is 4. The molecule has 0 saturated heterocycles. The molecule has 2 aromatic rings. The minimum Gasteiger partial charge on any atom is -0.480 e.